The Kier molecular flexibility index (Phi) is 4.77. The number of nitrogens with two attached hydrogens (primary N) is 1. The summed E-state index contributed by atoms with van der Waals surface area (Å²) in [6.07, 6.45) is 0.570. The number of methoxy groups -OCH3 is 1. The maximum absolute atomic E-state index is 13.1. The number of benzene rings is 2. The van der Waals surface area contributed by atoms with Crippen LogP contribution < -0.4 is 10.5 Å². The second kappa shape index (κ2) is 6.74. The standard InChI is InChI=1S/C16H16FNO3/c1-20-15-4-2-11(3-5-15)6-7-21-16(19)12-8-13(17)10-14(18)9-12/h2-5,8-10H,6-7,18H2,1H3. The van der Waals surface area contributed by atoms with Gasteiger partial charge in [-0.05, 0) is 35.9 Å². The van der Waals surface area contributed by atoms with Crippen LogP contribution in [0.5, 0.6) is 5.75 Å². The molecule has 0 fully saturated rings. The van der Waals surface area contributed by atoms with E-state index in [9.17, 15) is 9.18 Å². The van der Waals surface area contributed by atoms with Gasteiger partial charge in [0.05, 0.1) is 19.3 Å². The lowest BCUT2D eigenvalue weighted by Crippen LogP contribution is -2.09. The molecule has 0 saturated carbocycles. The van der Waals surface area contributed by atoms with E-state index in [0.717, 1.165) is 23.4 Å². The van der Waals surface area contributed by atoms with Gasteiger partial charge in [-0.15, -0.1) is 0 Å². The molecule has 0 aliphatic rings. The first kappa shape index (κ1) is 14.8. The van der Waals surface area contributed by atoms with Crippen molar-refractivity contribution in [2.45, 2.75) is 6.42 Å². The zero-order chi connectivity index (χ0) is 15.2. The molecular formula is C16H16FNO3. The first-order valence-electron chi connectivity index (χ1n) is 6.44. The molecule has 0 aliphatic carbocycles. The summed E-state index contributed by atoms with van der Waals surface area (Å²) in [5.74, 6) is -0.377. The van der Waals surface area contributed by atoms with Gasteiger partial charge in [-0.2, -0.15) is 0 Å². The Bertz CT molecular complexity index is 606. The fourth-order valence-electron chi connectivity index (χ4n) is 1.87. The highest BCUT2D eigenvalue weighted by molar-refractivity contribution is 5.90. The number of anilines is 1. The molecule has 21 heavy (non-hydrogen) atoms. The molecule has 0 heterocycles. The van der Waals surface area contributed by atoms with Gasteiger partial charge in [0.15, 0.2) is 0 Å². The van der Waals surface area contributed by atoms with Crippen molar-refractivity contribution in [2.24, 2.45) is 0 Å². The minimum Gasteiger partial charge on any atom is -0.497 e. The van der Waals surface area contributed by atoms with Gasteiger partial charge in [-0.3, -0.25) is 0 Å². The van der Waals surface area contributed by atoms with E-state index in [1.54, 1.807) is 7.11 Å². The van der Waals surface area contributed by atoms with Crippen LogP contribution in [0.15, 0.2) is 42.5 Å². The summed E-state index contributed by atoms with van der Waals surface area (Å²) in [7, 11) is 1.60. The molecule has 0 spiro atoms. The number of esters is 1. The lowest BCUT2D eigenvalue weighted by Gasteiger charge is -2.06. The molecule has 2 N–H and O–H groups in total. The summed E-state index contributed by atoms with van der Waals surface area (Å²) in [5.41, 5.74) is 6.81. The largest absolute Gasteiger partial charge is 0.497 e. The number of carbonyl (C=O) groups is 1. The zero-order valence-electron chi connectivity index (χ0n) is 11.6. The van der Waals surface area contributed by atoms with Gasteiger partial charge in [-0.1, -0.05) is 12.1 Å². The Morgan fingerprint density at radius 1 is 1.19 bits per heavy atom. The molecule has 5 heteroatoms. The summed E-state index contributed by atoms with van der Waals surface area (Å²) in [5, 5.41) is 0. The number of nitrogen functional groups attached to an aromatic ring is 1. The maximum Gasteiger partial charge on any atom is 0.338 e. The summed E-state index contributed by atoms with van der Waals surface area (Å²) in [6.45, 7) is 0.210. The monoisotopic (exact) mass is 289 g/mol. The Hall–Kier alpha value is -2.56. The van der Waals surface area contributed by atoms with Crippen LogP contribution in [0.1, 0.15) is 15.9 Å². The van der Waals surface area contributed by atoms with Crippen LogP contribution in [0.3, 0.4) is 0 Å². The fourth-order valence-corrected chi connectivity index (χ4v) is 1.87. The average molecular weight is 289 g/mol. The second-order valence-electron chi connectivity index (χ2n) is 4.51. The normalized spacial score (nSPS) is 10.2. The minimum atomic E-state index is -0.588. The molecule has 0 unspecified atom stereocenters. The Morgan fingerprint density at radius 3 is 2.52 bits per heavy atom. The van der Waals surface area contributed by atoms with Crippen molar-refractivity contribution >= 4 is 11.7 Å². The predicted molar refractivity (Wildman–Crippen MR) is 77.8 cm³/mol. The van der Waals surface area contributed by atoms with Crippen LogP contribution in [-0.2, 0) is 11.2 Å². The highest BCUT2D eigenvalue weighted by Gasteiger charge is 2.09. The van der Waals surface area contributed by atoms with E-state index in [4.69, 9.17) is 15.2 Å². The fraction of sp³-hybridized carbons (Fsp3) is 0.188. The third-order valence-electron chi connectivity index (χ3n) is 2.94. The number of hydrogen-bond acceptors (Lipinski definition) is 4. The van der Waals surface area contributed by atoms with E-state index in [1.807, 2.05) is 24.3 Å². The number of hydrogen-bond donors (Lipinski definition) is 1. The summed E-state index contributed by atoms with van der Waals surface area (Å²) in [6, 6.07) is 11.1. The molecule has 2 aromatic rings. The molecule has 4 nitrogen and oxygen atoms in total. The van der Waals surface area contributed by atoms with Crippen molar-refractivity contribution in [3.63, 3.8) is 0 Å². The molecule has 0 atom stereocenters. The number of carbonyl (C=O) groups excluding carboxylic acids is 1. The van der Waals surface area contributed by atoms with E-state index in [-0.39, 0.29) is 17.9 Å². The van der Waals surface area contributed by atoms with Gasteiger partial charge in [-0.25, -0.2) is 9.18 Å². The van der Waals surface area contributed by atoms with Gasteiger partial charge in [0.2, 0.25) is 0 Å². The van der Waals surface area contributed by atoms with E-state index >= 15 is 0 Å². The van der Waals surface area contributed by atoms with Gasteiger partial charge in [0.25, 0.3) is 0 Å². The van der Waals surface area contributed by atoms with Crippen molar-refractivity contribution < 1.29 is 18.7 Å². The number of ether oxygens (including phenoxy) is 2. The molecule has 2 aromatic carbocycles. The van der Waals surface area contributed by atoms with Crippen molar-refractivity contribution in [2.75, 3.05) is 19.5 Å². The number of rotatable bonds is 5. The minimum absolute atomic E-state index is 0.113. The summed E-state index contributed by atoms with van der Waals surface area (Å²) in [4.78, 5) is 11.8. The molecule has 0 aromatic heterocycles. The molecular weight excluding hydrogens is 273 g/mol. The predicted octanol–water partition coefficient (Wildman–Crippen LogP) is 2.82. The van der Waals surface area contributed by atoms with Crippen LogP contribution in [0.25, 0.3) is 0 Å². The van der Waals surface area contributed by atoms with E-state index in [2.05, 4.69) is 0 Å². The van der Waals surface area contributed by atoms with Crippen LogP contribution in [0.2, 0.25) is 0 Å². The maximum atomic E-state index is 13.1. The molecule has 110 valence electrons. The van der Waals surface area contributed by atoms with Crippen LogP contribution in [0.4, 0.5) is 10.1 Å². The van der Waals surface area contributed by atoms with Crippen molar-refractivity contribution in [3.8, 4) is 5.75 Å². The van der Waals surface area contributed by atoms with E-state index in [1.165, 1.54) is 6.07 Å². The lowest BCUT2D eigenvalue weighted by atomic mass is 10.1. The quantitative estimate of drug-likeness (QED) is 0.679. The molecule has 0 aliphatic heterocycles. The zero-order valence-corrected chi connectivity index (χ0v) is 11.6. The highest BCUT2D eigenvalue weighted by Crippen LogP contribution is 2.13. The van der Waals surface area contributed by atoms with Crippen molar-refractivity contribution in [1.82, 2.24) is 0 Å². The third-order valence-corrected chi connectivity index (χ3v) is 2.94. The topological polar surface area (TPSA) is 61.5 Å². The van der Waals surface area contributed by atoms with Crippen LogP contribution in [0, 0.1) is 5.82 Å². The van der Waals surface area contributed by atoms with Gasteiger partial charge >= 0.3 is 5.97 Å². The smallest absolute Gasteiger partial charge is 0.338 e. The van der Waals surface area contributed by atoms with Crippen LogP contribution in [-0.4, -0.2) is 19.7 Å². The van der Waals surface area contributed by atoms with Crippen LogP contribution >= 0.6 is 0 Å². The lowest BCUT2D eigenvalue weighted by molar-refractivity contribution is 0.0509. The van der Waals surface area contributed by atoms with Crippen molar-refractivity contribution in [1.29, 1.82) is 0 Å². The summed E-state index contributed by atoms with van der Waals surface area (Å²) < 4.78 is 23.3. The van der Waals surface area contributed by atoms with E-state index < -0.39 is 11.8 Å². The van der Waals surface area contributed by atoms with Gasteiger partial charge in [0, 0.05) is 12.1 Å². The van der Waals surface area contributed by atoms with Crippen molar-refractivity contribution in [3.05, 3.63) is 59.4 Å². The molecule has 0 radical (unpaired) electrons. The molecule has 0 bridgehead atoms. The average Bonchev–Trinajstić information content (AvgIpc) is 2.47. The highest BCUT2D eigenvalue weighted by atomic mass is 19.1. The molecule has 0 amide bonds. The third kappa shape index (κ3) is 4.21. The first-order valence-corrected chi connectivity index (χ1v) is 6.44. The Balaban J connectivity index is 1.88. The molecule has 2 rings (SSSR count). The Morgan fingerprint density at radius 2 is 1.90 bits per heavy atom. The molecule has 0 saturated heterocycles. The second-order valence-corrected chi connectivity index (χ2v) is 4.51. The number of halogens is 1. The van der Waals surface area contributed by atoms with Gasteiger partial charge in [0.1, 0.15) is 11.6 Å². The van der Waals surface area contributed by atoms with Gasteiger partial charge < -0.3 is 15.2 Å². The van der Waals surface area contributed by atoms with E-state index in [0.29, 0.717) is 6.42 Å². The first-order chi connectivity index (χ1) is 10.1. The summed E-state index contributed by atoms with van der Waals surface area (Å²) >= 11 is 0. The Labute approximate surface area is 122 Å². The SMILES string of the molecule is COc1ccc(CCOC(=O)c2cc(N)cc(F)c2)cc1.